The summed E-state index contributed by atoms with van der Waals surface area (Å²) in [7, 11) is 0. The Labute approximate surface area is 139 Å². The lowest BCUT2D eigenvalue weighted by Crippen LogP contribution is -2.30. The zero-order valence-electron chi connectivity index (χ0n) is 13.6. The molecule has 0 spiro atoms. The van der Waals surface area contributed by atoms with Crippen molar-refractivity contribution in [3.8, 4) is 11.8 Å². The largest absolute Gasteiger partial charge is 0.330 e. The van der Waals surface area contributed by atoms with Crippen LogP contribution in [0.25, 0.3) is 0 Å². The number of hydrogen-bond donors (Lipinski definition) is 0. The number of benzene rings is 2. The summed E-state index contributed by atoms with van der Waals surface area (Å²) in [5, 5.41) is 0. The number of para-hydroxylation sites is 2. The molecule has 2 heteroatoms. The van der Waals surface area contributed by atoms with Crippen LogP contribution in [-0.4, -0.2) is 31.1 Å². The number of piperidine rings is 1. The van der Waals surface area contributed by atoms with E-state index < -0.39 is 0 Å². The van der Waals surface area contributed by atoms with Gasteiger partial charge in [0.1, 0.15) is 0 Å². The summed E-state index contributed by atoms with van der Waals surface area (Å²) < 4.78 is 0. The molecule has 0 unspecified atom stereocenters. The van der Waals surface area contributed by atoms with Crippen molar-refractivity contribution >= 4 is 11.4 Å². The van der Waals surface area contributed by atoms with E-state index in [-0.39, 0.29) is 0 Å². The van der Waals surface area contributed by atoms with Crippen LogP contribution in [0.1, 0.15) is 19.3 Å². The highest BCUT2D eigenvalue weighted by molar-refractivity contribution is 5.63. The van der Waals surface area contributed by atoms with Crippen LogP contribution in [0.4, 0.5) is 11.4 Å². The van der Waals surface area contributed by atoms with Crippen molar-refractivity contribution in [2.45, 2.75) is 19.3 Å². The molecule has 3 rings (SSSR count). The summed E-state index contributed by atoms with van der Waals surface area (Å²) in [5.41, 5.74) is 2.37. The van der Waals surface area contributed by atoms with E-state index >= 15 is 0 Å². The van der Waals surface area contributed by atoms with Gasteiger partial charge < -0.3 is 4.90 Å². The highest BCUT2D eigenvalue weighted by Crippen LogP contribution is 2.23. The average Bonchev–Trinajstić information content (AvgIpc) is 2.64. The van der Waals surface area contributed by atoms with Gasteiger partial charge in [0.25, 0.3) is 0 Å². The van der Waals surface area contributed by atoms with E-state index in [2.05, 4.69) is 82.3 Å². The fourth-order valence-electron chi connectivity index (χ4n) is 2.97. The average molecular weight is 304 g/mol. The molecule has 0 bridgehead atoms. The fraction of sp³-hybridized carbons (Fsp3) is 0.333. The number of hydrogen-bond acceptors (Lipinski definition) is 2. The molecule has 0 N–H and O–H groups in total. The van der Waals surface area contributed by atoms with E-state index in [0.29, 0.717) is 0 Å². The van der Waals surface area contributed by atoms with Gasteiger partial charge in [0.15, 0.2) is 0 Å². The SMILES string of the molecule is C(#CCN(c1ccccc1)c1ccccc1)CN1CCCCC1. The van der Waals surface area contributed by atoms with E-state index in [9.17, 15) is 0 Å². The third kappa shape index (κ3) is 4.61. The molecule has 2 aromatic carbocycles. The van der Waals surface area contributed by atoms with E-state index in [1.54, 1.807) is 0 Å². The molecule has 2 nitrogen and oxygen atoms in total. The molecule has 0 amide bonds. The van der Waals surface area contributed by atoms with Crippen LogP contribution in [0.2, 0.25) is 0 Å². The molecule has 0 saturated carbocycles. The van der Waals surface area contributed by atoms with Gasteiger partial charge in [0, 0.05) is 11.4 Å². The summed E-state index contributed by atoms with van der Waals surface area (Å²) in [5.74, 6) is 6.72. The van der Waals surface area contributed by atoms with Crippen molar-refractivity contribution in [1.82, 2.24) is 4.90 Å². The van der Waals surface area contributed by atoms with Gasteiger partial charge in [-0.1, -0.05) is 54.7 Å². The normalized spacial score (nSPS) is 14.8. The second-order valence-electron chi connectivity index (χ2n) is 5.95. The van der Waals surface area contributed by atoms with Gasteiger partial charge >= 0.3 is 0 Å². The summed E-state index contributed by atoms with van der Waals surface area (Å²) in [6.07, 6.45) is 4.02. The molecule has 0 radical (unpaired) electrons. The van der Waals surface area contributed by atoms with Crippen molar-refractivity contribution in [3.05, 3.63) is 60.7 Å². The molecule has 1 aliphatic rings. The Balaban J connectivity index is 1.67. The number of likely N-dealkylation sites (tertiary alicyclic amines) is 1. The lowest BCUT2D eigenvalue weighted by atomic mass is 10.1. The fourth-order valence-corrected chi connectivity index (χ4v) is 2.97. The quantitative estimate of drug-likeness (QED) is 0.776. The Kier molecular flexibility index (Phi) is 5.72. The highest BCUT2D eigenvalue weighted by Gasteiger charge is 2.08. The van der Waals surface area contributed by atoms with Crippen LogP contribution in [-0.2, 0) is 0 Å². The molecule has 1 aliphatic heterocycles. The highest BCUT2D eigenvalue weighted by atomic mass is 15.1. The standard InChI is InChI=1S/C21H24N2/c1-4-12-20(13-5-1)23(21-14-6-2-7-15-21)19-11-10-18-22-16-8-3-9-17-22/h1-2,4-7,12-15H,3,8-9,16-19H2. The number of rotatable bonds is 4. The van der Waals surface area contributed by atoms with Gasteiger partial charge in [-0.15, -0.1) is 0 Å². The van der Waals surface area contributed by atoms with Crippen LogP contribution in [0.15, 0.2) is 60.7 Å². The maximum absolute atomic E-state index is 3.36. The molecule has 0 aromatic heterocycles. The Bertz CT molecular complexity index is 594. The van der Waals surface area contributed by atoms with Gasteiger partial charge in [0.2, 0.25) is 0 Å². The van der Waals surface area contributed by atoms with Crippen molar-refractivity contribution in [2.24, 2.45) is 0 Å². The van der Waals surface area contributed by atoms with Crippen LogP contribution in [0.5, 0.6) is 0 Å². The van der Waals surface area contributed by atoms with Gasteiger partial charge in [-0.25, -0.2) is 0 Å². The van der Waals surface area contributed by atoms with E-state index in [1.807, 2.05) is 0 Å². The molecule has 1 heterocycles. The molecular formula is C21H24N2. The molecule has 23 heavy (non-hydrogen) atoms. The Hall–Kier alpha value is -2.24. The Morgan fingerprint density at radius 2 is 1.30 bits per heavy atom. The molecule has 1 fully saturated rings. The first kappa shape index (κ1) is 15.6. The second kappa shape index (κ2) is 8.41. The van der Waals surface area contributed by atoms with Gasteiger partial charge in [-0.2, -0.15) is 0 Å². The minimum absolute atomic E-state index is 0.724. The topological polar surface area (TPSA) is 6.48 Å². The lowest BCUT2D eigenvalue weighted by molar-refractivity contribution is 0.255. The summed E-state index contributed by atoms with van der Waals surface area (Å²) in [6, 6.07) is 21.0. The second-order valence-corrected chi connectivity index (χ2v) is 5.95. The first-order chi connectivity index (χ1) is 11.4. The summed E-state index contributed by atoms with van der Waals surface area (Å²) in [4.78, 5) is 4.73. The van der Waals surface area contributed by atoms with Crippen molar-refractivity contribution in [3.63, 3.8) is 0 Å². The van der Waals surface area contributed by atoms with Crippen molar-refractivity contribution < 1.29 is 0 Å². The van der Waals surface area contributed by atoms with E-state index in [4.69, 9.17) is 0 Å². The lowest BCUT2D eigenvalue weighted by Gasteiger charge is -2.24. The van der Waals surface area contributed by atoms with E-state index in [0.717, 1.165) is 13.1 Å². The third-order valence-electron chi connectivity index (χ3n) is 4.25. The van der Waals surface area contributed by atoms with Crippen LogP contribution < -0.4 is 4.90 Å². The predicted molar refractivity (Wildman–Crippen MR) is 98.0 cm³/mol. The summed E-state index contributed by atoms with van der Waals surface area (Å²) in [6.45, 7) is 4.03. The molecule has 2 aromatic rings. The smallest absolute Gasteiger partial charge is 0.0843 e. The maximum atomic E-state index is 3.36. The Morgan fingerprint density at radius 1 is 0.739 bits per heavy atom. The van der Waals surface area contributed by atoms with Crippen molar-refractivity contribution in [1.29, 1.82) is 0 Å². The van der Waals surface area contributed by atoms with Crippen LogP contribution >= 0.6 is 0 Å². The molecule has 118 valence electrons. The first-order valence-corrected chi connectivity index (χ1v) is 8.49. The predicted octanol–water partition coefficient (Wildman–Crippen LogP) is 4.31. The molecule has 0 aliphatic carbocycles. The number of nitrogens with zero attached hydrogens (tertiary/aromatic N) is 2. The first-order valence-electron chi connectivity index (χ1n) is 8.49. The maximum Gasteiger partial charge on any atom is 0.0843 e. The van der Waals surface area contributed by atoms with Gasteiger partial charge in [0.05, 0.1) is 13.1 Å². The Morgan fingerprint density at radius 3 is 1.87 bits per heavy atom. The molecular weight excluding hydrogens is 280 g/mol. The minimum Gasteiger partial charge on any atom is -0.330 e. The zero-order valence-corrected chi connectivity index (χ0v) is 13.6. The zero-order chi connectivity index (χ0) is 15.7. The van der Waals surface area contributed by atoms with Gasteiger partial charge in [-0.05, 0) is 50.2 Å². The van der Waals surface area contributed by atoms with E-state index in [1.165, 1.54) is 43.7 Å². The monoisotopic (exact) mass is 304 g/mol. The van der Waals surface area contributed by atoms with Crippen LogP contribution in [0, 0.1) is 11.8 Å². The molecule has 1 saturated heterocycles. The van der Waals surface area contributed by atoms with Crippen LogP contribution in [0.3, 0.4) is 0 Å². The molecule has 0 atom stereocenters. The third-order valence-corrected chi connectivity index (χ3v) is 4.25. The minimum atomic E-state index is 0.724. The van der Waals surface area contributed by atoms with Gasteiger partial charge in [-0.3, -0.25) is 4.90 Å². The number of anilines is 2. The van der Waals surface area contributed by atoms with Crippen molar-refractivity contribution in [2.75, 3.05) is 31.1 Å². The summed E-state index contributed by atoms with van der Waals surface area (Å²) >= 11 is 0.